The van der Waals surface area contributed by atoms with Gasteiger partial charge in [-0.2, -0.15) is 5.10 Å². The van der Waals surface area contributed by atoms with Gasteiger partial charge in [0.1, 0.15) is 10.1 Å². The molecule has 0 saturated carbocycles. The average Bonchev–Trinajstić information content (AvgIpc) is 2.42. The van der Waals surface area contributed by atoms with Gasteiger partial charge in [-0.15, -0.1) is 0 Å². The molecule has 1 aromatic heterocycles. The summed E-state index contributed by atoms with van der Waals surface area (Å²) in [6, 6.07) is 4.07. The van der Waals surface area contributed by atoms with E-state index >= 15 is 0 Å². The monoisotopic (exact) mass is 288 g/mol. The number of aryl methyl sites for hydroxylation is 1. The fourth-order valence-corrected chi connectivity index (χ4v) is 2.22. The first-order chi connectivity index (χ1) is 5.70. The summed E-state index contributed by atoms with van der Waals surface area (Å²) in [4.78, 5) is 0. The van der Waals surface area contributed by atoms with Crippen molar-refractivity contribution in [2.75, 3.05) is 0 Å². The molecular weight excluding hydrogens is 284 g/mol. The normalized spacial score (nSPS) is 10.9. The first-order valence-electron chi connectivity index (χ1n) is 3.49. The smallest absolute Gasteiger partial charge is 0.109 e. The molecule has 2 rings (SSSR count). The Bertz CT molecular complexity index is 434. The third kappa shape index (κ3) is 1.10. The van der Waals surface area contributed by atoms with Crippen LogP contribution in [0.25, 0.3) is 10.9 Å². The quantitative estimate of drug-likeness (QED) is 0.791. The Balaban J connectivity index is 2.98. The molecule has 0 atom stereocenters. The first kappa shape index (κ1) is 8.26. The van der Waals surface area contributed by atoms with E-state index in [1.807, 2.05) is 6.07 Å². The van der Waals surface area contributed by atoms with Gasteiger partial charge >= 0.3 is 0 Å². The van der Waals surface area contributed by atoms with Gasteiger partial charge in [-0.05, 0) is 50.4 Å². The topological polar surface area (TPSA) is 28.7 Å². The van der Waals surface area contributed by atoms with Crippen molar-refractivity contribution in [1.29, 1.82) is 0 Å². The van der Waals surface area contributed by atoms with E-state index in [1.165, 1.54) is 5.56 Å². The minimum absolute atomic E-state index is 0.941. The first-order valence-corrected chi connectivity index (χ1v) is 5.07. The van der Waals surface area contributed by atoms with Crippen LogP contribution in [0.1, 0.15) is 5.56 Å². The van der Waals surface area contributed by atoms with E-state index < -0.39 is 0 Å². The Labute approximate surface area is 86.6 Å². The van der Waals surface area contributed by atoms with Crippen LogP contribution < -0.4 is 0 Å². The lowest BCUT2D eigenvalue weighted by atomic mass is 10.1. The van der Waals surface area contributed by atoms with Gasteiger partial charge in [-0.25, -0.2) is 0 Å². The molecule has 0 aliphatic heterocycles. The van der Waals surface area contributed by atoms with Gasteiger partial charge in [-0.3, -0.25) is 5.10 Å². The molecule has 1 heterocycles. The largest absolute Gasteiger partial charge is 0.270 e. The minimum atomic E-state index is 0.941. The number of nitrogens with zero attached hydrogens (tertiary/aromatic N) is 1. The fourth-order valence-electron chi connectivity index (χ4n) is 1.21. The fraction of sp³-hybridized carbons (Fsp3) is 0.125. The Hall–Kier alpha value is -0.350. The van der Waals surface area contributed by atoms with Crippen molar-refractivity contribution in [2.24, 2.45) is 0 Å². The van der Waals surface area contributed by atoms with Crippen LogP contribution in [0.15, 0.2) is 21.2 Å². The maximum absolute atomic E-state index is 4.16. The van der Waals surface area contributed by atoms with Crippen molar-refractivity contribution >= 4 is 42.8 Å². The molecular formula is C8H6Br2N2. The van der Waals surface area contributed by atoms with Gasteiger partial charge in [0.2, 0.25) is 0 Å². The van der Waals surface area contributed by atoms with E-state index in [-0.39, 0.29) is 0 Å². The highest BCUT2D eigenvalue weighted by atomic mass is 79.9. The minimum Gasteiger partial charge on any atom is -0.270 e. The standard InChI is InChI=1S/C8H6Br2N2/c1-4-2-3-5(9)7-6(4)8(10)12-11-7/h2-3H,1H3,(H,11,12). The molecule has 0 aliphatic carbocycles. The molecule has 2 nitrogen and oxygen atoms in total. The summed E-state index contributed by atoms with van der Waals surface area (Å²) in [5.41, 5.74) is 2.19. The summed E-state index contributed by atoms with van der Waals surface area (Å²) in [7, 11) is 0. The van der Waals surface area contributed by atoms with Gasteiger partial charge < -0.3 is 0 Å². The van der Waals surface area contributed by atoms with E-state index in [2.05, 4.69) is 55.0 Å². The summed E-state index contributed by atoms with van der Waals surface area (Å²) in [6.45, 7) is 2.06. The van der Waals surface area contributed by atoms with E-state index in [1.54, 1.807) is 0 Å². The van der Waals surface area contributed by atoms with E-state index in [9.17, 15) is 0 Å². The summed E-state index contributed by atoms with van der Waals surface area (Å²) in [6.07, 6.45) is 0. The molecule has 0 unspecified atom stereocenters. The van der Waals surface area contributed by atoms with Crippen LogP contribution >= 0.6 is 31.9 Å². The lowest BCUT2D eigenvalue weighted by molar-refractivity contribution is 1.09. The Morgan fingerprint density at radius 3 is 2.75 bits per heavy atom. The zero-order valence-electron chi connectivity index (χ0n) is 6.36. The molecule has 1 aromatic carbocycles. The molecule has 12 heavy (non-hydrogen) atoms. The predicted molar refractivity (Wildman–Crippen MR) is 56.2 cm³/mol. The summed E-state index contributed by atoms with van der Waals surface area (Å²) < 4.78 is 1.96. The molecule has 2 aromatic rings. The number of rotatable bonds is 0. The van der Waals surface area contributed by atoms with Crippen LogP contribution in [-0.4, -0.2) is 10.2 Å². The second-order valence-corrected chi connectivity index (χ2v) is 4.27. The average molecular weight is 290 g/mol. The van der Waals surface area contributed by atoms with E-state index in [0.29, 0.717) is 0 Å². The predicted octanol–water partition coefficient (Wildman–Crippen LogP) is 3.40. The molecule has 0 fully saturated rings. The lowest BCUT2D eigenvalue weighted by Gasteiger charge is -1.96. The van der Waals surface area contributed by atoms with Crippen molar-refractivity contribution in [2.45, 2.75) is 6.92 Å². The number of aromatic nitrogens is 2. The van der Waals surface area contributed by atoms with Gasteiger partial charge in [0.25, 0.3) is 0 Å². The van der Waals surface area contributed by atoms with Crippen molar-refractivity contribution in [3.05, 3.63) is 26.8 Å². The number of halogens is 2. The van der Waals surface area contributed by atoms with Crippen LogP contribution in [0.4, 0.5) is 0 Å². The highest BCUT2D eigenvalue weighted by Gasteiger charge is 2.07. The third-order valence-electron chi connectivity index (χ3n) is 1.82. The number of H-pyrrole nitrogens is 1. The van der Waals surface area contributed by atoms with Gasteiger partial charge in [0.15, 0.2) is 0 Å². The van der Waals surface area contributed by atoms with Crippen LogP contribution in [0.2, 0.25) is 0 Å². The second kappa shape index (κ2) is 2.85. The lowest BCUT2D eigenvalue weighted by Crippen LogP contribution is -1.76. The van der Waals surface area contributed by atoms with Crippen molar-refractivity contribution in [1.82, 2.24) is 10.2 Å². The van der Waals surface area contributed by atoms with E-state index in [4.69, 9.17) is 0 Å². The maximum Gasteiger partial charge on any atom is 0.109 e. The molecule has 62 valence electrons. The number of hydrogen-bond acceptors (Lipinski definition) is 1. The molecule has 1 N–H and O–H groups in total. The zero-order chi connectivity index (χ0) is 8.72. The van der Waals surface area contributed by atoms with Crippen molar-refractivity contribution in [3.8, 4) is 0 Å². The van der Waals surface area contributed by atoms with Crippen LogP contribution in [0.5, 0.6) is 0 Å². The summed E-state index contributed by atoms with van der Waals surface area (Å²) >= 11 is 6.85. The van der Waals surface area contributed by atoms with Crippen LogP contribution in [-0.2, 0) is 0 Å². The number of hydrogen-bond donors (Lipinski definition) is 1. The number of benzene rings is 1. The molecule has 0 saturated heterocycles. The summed E-state index contributed by atoms with van der Waals surface area (Å²) in [5.74, 6) is 0. The highest BCUT2D eigenvalue weighted by Crippen LogP contribution is 2.29. The third-order valence-corrected chi connectivity index (χ3v) is 3.04. The van der Waals surface area contributed by atoms with Gasteiger partial charge in [0, 0.05) is 9.86 Å². The number of aromatic amines is 1. The molecule has 4 heteroatoms. The summed E-state index contributed by atoms with van der Waals surface area (Å²) in [5, 5.41) is 8.20. The Kier molecular flexibility index (Phi) is 1.96. The molecule has 0 radical (unpaired) electrons. The van der Waals surface area contributed by atoms with Crippen LogP contribution in [0, 0.1) is 6.92 Å². The van der Waals surface area contributed by atoms with Gasteiger partial charge in [0.05, 0.1) is 0 Å². The Morgan fingerprint density at radius 1 is 1.33 bits per heavy atom. The highest BCUT2D eigenvalue weighted by molar-refractivity contribution is 9.11. The van der Waals surface area contributed by atoms with Crippen molar-refractivity contribution in [3.63, 3.8) is 0 Å². The number of nitrogens with one attached hydrogen (secondary N) is 1. The zero-order valence-corrected chi connectivity index (χ0v) is 9.53. The van der Waals surface area contributed by atoms with Crippen LogP contribution in [0.3, 0.4) is 0 Å². The molecule has 0 aliphatic rings. The van der Waals surface area contributed by atoms with Gasteiger partial charge in [-0.1, -0.05) is 6.07 Å². The maximum atomic E-state index is 4.16. The molecule has 0 amide bonds. The second-order valence-electron chi connectivity index (χ2n) is 2.63. The SMILES string of the molecule is Cc1ccc(Br)c2n[nH]c(Br)c12. The molecule has 0 spiro atoms. The van der Waals surface area contributed by atoms with E-state index in [0.717, 1.165) is 20.0 Å². The number of fused-ring (bicyclic) bond motifs is 1. The Morgan fingerprint density at radius 2 is 2.08 bits per heavy atom. The molecule has 0 bridgehead atoms. The van der Waals surface area contributed by atoms with Crippen molar-refractivity contribution < 1.29 is 0 Å².